The Bertz CT molecular complexity index is 625. The number of halogens is 2. The molecule has 0 saturated heterocycles. The lowest BCUT2D eigenvalue weighted by Gasteiger charge is -2.05. The SMILES string of the molecule is Cc1nn(-c2ccc(C#N)cc2F)c(C)c1Br. The maximum absolute atomic E-state index is 13.8. The average Bonchev–Trinajstić information content (AvgIpc) is 2.57. The number of rotatable bonds is 1. The van der Waals surface area contributed by atoms with Crippen molar-refractivity contribution < 1.29 is 4.39 Å². The van der Waals surface area contributed by atoms with E-state index in [1.165, 1.54) is 10.7 Å². The summed E-state index contributed by atoms with van der Waals surface area (Å²) < 4.78 is 16.2. The second-order valence-electron chi connectivity index (χ2n) is 3.67. The van der Waals surface area contributed by atoms with E-state index in [0.717, 1.165) is 15.9 Å². The lowest BCUT2D eigenvalue weighted by atomic mass is 10.2. The standard InChI is InChI=1S/C12H9BrFN3/c1-7-12(13)8(2)17(16-7)11-4-3-9(6-15)5-10(11)14/h3-5H,1-2H3. The Labute approximate surface area is 107 Å². The van der Waals surface area contributed by atoms with Gasteiger partial charge >= 0.3 is 0 Å². The lowest BCUT2D eigenvalue weighted by molar-refractivity contribution is 0.607. The highest BCUT2D eigenvalue weighted by Crippen LogP contribution is 2.24. The summed E-state index contributed by atoms with van der Waals surface area (Å²) in [6.07, 6.45) is 0. The summed E-state index contributed by atoms with van der Waals surface area (Å²) in [5, 5.41) is 12.9. The first-order chi connectivity index (χ1) is 8.04. The van der Waals surface area contributed by atoms with E-state index in [2.05, 4.69) is 21.0 Å². The van der Waals surface area contributed by atoms with Crippen molar-refractivity contribution >= 4 is 15.9 Å². The van der Waals surface area contributed by atoms with Crippen LogP contribution in [0.3, 0.4) is 0 Å². The molecule has 0 N–H and O–H groups in total. The molecule has 0 radical (unpaired) electrons. The van der Waals surface area contributed by atoms with Crippen LogP contribution in [0.25, 0.3) is 5.69 Å². The van der Waals surface area contributed by atoms with Gasteiger partial charge in [-0.15, -0.1) is 0 Å². The van der Waals surface area contributed by atoms with Crippen molar-refractivity contribution in [2.45, 2.75) is 13.8 Å². The van der Waals surface area contributed by atoms with Crippen molar-refractivity contribution in [2.24, 2.45) is 0 Å². The average molecular weight is 294 g/mol. The summed E-state index contributed by atoms with van der Waals surface area (Å²) in [4.78, 5) is 0. The zero-order valence-corrected chi connectivity index (χ0v) is 10.9. The molecule has 0 fully saturated rings. The molecule has 0 unspecified atom stereocenters. The maximum Gasteiger partial charge on any atom is 0.150 e. The van der Waals surface area contributed by atoms with Crippen LogP contribution in [0.2, 0.25) is 0 Å². The third kappa shape index (κ3) is 1.96. The largest absolute Gasteiger partial charge is 0.234 e. The van der Waals surface area contributed by atoms with Crippen molar-refractivity contribution in [3.05, 3.63) is 45.4 Å². The van der Waals surface area contributed by atoms with Gasteiger partial charge in [0.15, 0.2) is 0 Å². The maximum atomic E-state index is 13.8. The Morgan fingerprint density at radius 1 is 1.41 bits per heavy atom. The van der Waals surface area contributed by atoms with E-state index in [1.807, 2.05) is 19.9 Å². The van der Waals surface area contributed by atoms with Gasteiger partial charge in [-0.05, 0) is 48.0 Å². The van der Waals surface area contributed by atoms with Gasteiger partial charge in [0.2, 0.25) is 0 Å². The van der Waals surface area contributed by atoms with Crippen LogP contribution in [0.1, 0.15) is 17.0 Å². The molecule has 3 nitrogen and oxygen atoms in total. The molecule has 0 aliphatic carbocycles. The van der Waals surface area contributed by atoms with E-state index in [0.29, 0.717) is 11.3 Å². The molecule has 2 rings (SSSR count). The van der Waals surface area contributed by atoms with Crippen molar-refractivity contribution in [3.8, 4) is 11.8 Å². The van der Waals surface area contributed by atoms with Gasteiger partial charge in [-0.1, -0.05) is 0 Å². The summed E-state index contributed by atoms with van der Waals surface area (Å²) in [6.45, 7) is 3.69. The molecule has 0 aliphatic heterocycles. The Balaban J connectivity index is 2.62. The zero-order valence-electron chi connectivity index (χ0n) is 9.33. The van der Waals surface area contributed by atoms with Gasteiger partial charge in [-0.25, -0.2) is 9.07 Å². The highest BCUT2D eigenvalue weighted by atomic mass is 79.9. The predicted molar refractivity (Wildman–Crippen MR) is 65.4 cm³/mol. The Morgan fingerprint density at radius 3 is 2.59 bits per heavy atom. The molecule has 5 heteroatoms. The molecule has 2 aromatic rings. The fourth-order valence-corrected chi connectivity index (χ4v) is 1.85. The predicted octanol–water partition coefficient (Wildman–Crippen LogP) is 3.26. The van der Waals surface area contributed by atoms with Crippen molar-refractivity contribution in [3.63, 3.8) is 0 Å². The molecule has 0 amide bonds. The highest BCUT2D eigenvalue weighted by Gasteiger charge is 2.13. The van der Waals surface area contributed by atoms with Crippen LogP contribution in [0.15, 0.2) is 22.7 Å². The van der Waals surface area contributed by atoms with Gasteiger partial charge in [0.25, 0.3) is 0 Å². The van der Waals surface area contributed by atoms with Crippen LogP contribution < -0.4 is 0 Å². The summed E-state index contributed by atoms with van der Waals surface area (Å²) >= 11 is 3.39. The highest BCUT2D eigenvalue weighted by molar-refractivity contribution is 9.10. The number of hydrogen-bond acceptors (Lipinski definition) is 2. The van der Waals surface area contributed by atoms with Gasteiger partial charge in [0.05, 0.1) is 27.5 Å². The van der Waals surface area contributed by atoms with Gasteiger partial charge < -0.3 is 0 Å². The Kier molecular flexibility index (Phi) is 2.99. The van der Waals surface area contributed by atoms with Crippen LogP contribution >= 0.6 is 15.9 Å². The molecule has 0 aliphatic rings. The lowest BCUT2D eigenvalue weighted by Crippen LogP contribution is -2.02. The van der Waals surface area contributed by atoms with E-state index in [9.17, 15) is 4.39 Å². The van der Waals surface area contributed by atoms with Crippen LogP contribution in [-0.2, 0) is 0 Å². The minimum atomic E-state index is -0.456. The van der Waals surface area contributed by atoms with Crippen LogP contribution in [-0.4, -0.2) is 9.78 Å². The molecule has 0 saturated carbocycles. The number of hydrogen-bond donors (Lipinski definition) is 0. The molecule has 0 bridgehead atoms. The monoisotopic (exact) mass is 293 g/mol. The molecular weight excluding hydrogens is 285 g/mol. The minimum Gasteiger partial charge on any atom is -0.234 e. The molecule has 0 atom stereocenters. The van der Waals surface area contributed by atoms with Crippen molar-refractivity contribution in [2.75, 3.05) is 0 Å². The van der Waals surface area contributed by atoms with E-state index in [-0.39, 0.29) is 0 Å². The number of benzene rings is 1. The van der Waals surface area contributed by atoms with Gasteiger partial charge in [-0.3, -0.25) is 0 Å². The van der Waals surface area contributed by atoms with E-state index < -0.39 is 5.82 Å². The van der Waals surface area contributed by atoms with Gasteiger partial charge in [0, 0.05) is 0 Å². The summed E-state index contributed by atoms with van der Waals surface area (Å²) in [6, 6.07) is 6.23. The number of nitriles is 1. The molecule has 1 aromatic heterocycles. The normalized spacial score (nSPS) is 10.3. The number of aryl methyl sites for hydroxylation is 1. The summed E-state index contributed by atoms with van der Waals surface area (Å²) in [7, 11) is 0. The third-order valence-corrected chi connectivity index (χ3v) is 3.66. The summed E-state index contributed by atoms with van der Waals surface area (Å²) in [5.74, 6) is -0.456. The Morgan fingerprint density at radius 2 is 2.12 bits per heavy atom. The smallest absolute Gasteiger partial charge is 0.150 e. The first kappa shape index (κ1) is 11.8. The zero-order chi connectivity index (χ0) is 12.6. The van der Waals surface area contributed by atoms with Crippen LogP contribution in [0.4, 0.5) is 4.39 Å². The van der Waals surface area contributed by atoms with E-state index >= 15 is 0 Å². The van der Waals surface area contributed by atoms with Gasteiger partial charge in [0.1, 0.15) is 11.5 Å². The molecule has 17 heavy (non-hydrogen) atoms. The number of nitrogens with zero attached hydrogens (tertiary/aromatic N) is 3. The molecule has 86 valence electrons. The molecule has 1 heterocycles. The van der Waals surface area contributed by atoms with Crippen molar-refractivity contribution in [1.29, 1.82) is 5.26 Å². The molecule has 0 spiro atoms. The first-order valence-corrected chi connectivity index (χ1v) is 5.75. The quantitative estimate of drug-likeness (QED) is 0.810. The van der Waals surface area contributed by atoms with Crippen LogP contribution in [0, 0.1) is 31.0 Å². The topological polar surface area (TPSA) is 41.6 Å². The second kappa shape index (κ2) is 4.30. The fraction of sp³-hybridized carbons (Fsp3) is 0.167. The van der Waals surface area contributed by atoms with E-state index in [4.69, 9.17) is 5.26 Å². The number of aromatic nitrogens is 2. The Hall–Kier alpha value is -1.67. The molecule has 1 aromatic carbocycles. The fourth-order valence-electron chi connectivity index (χ4n) is 1.61. The van der Waals surface area contributed by atoms with Gasteiger partial charge in [-0.2, -0.15) is 10.4 Å². The van der Waals surface area contributed by atoms with Crippen molar-refractivity contribution in [1.82, 2.24) is 9.78 Å². The minimum absolute atomic E-state index is 0.298. The summed E-state index contributed by atoms with van der Waals surface area (Å²) in [5.41, 5.74) is 2.26. The first-order valence-electron chi connectivity index (χ1n) is 4.96. The molecular formula is C12H9BrFN3. The van der Waals surface area contributed by atoms with E-state index in [1.54, 1.807) is 12.1 Å². The van der Waals surface area contributed by atoms with Crippen LogP contribution in [0.5, 0.6) is 0 Å². The second-order valence-corrected chi connectivity index (χ2v) is 4.47. The third-order valence-electron chi connectivity index (χ3n) is 2.51.